The highest BCUT2D eigenvalue weighted by atomic mass is 32.1. The number of hydrogen-bond donors (Lipinski definition) is 0. The van der Waals surface area contributed by atoms with Crippen molar-refractivity contribution in [3.05, 3.63) is 174 Å². The molecule has 0 fully saturated rings. The number of nitrogens with zero attached hydrogens (tertiary/aromatic N) is 1. The van der Waals surface area contributed by atoms with Crippen LogP contribution in [0.4, 0.5) is 17.1 Å². The molecule has 0 radical (unpaired) electrons. The van der Waals surface area contributed by atoms with Gasteiger partial charge in [0.05, 0.1) is 11.1 Å². The predicted octanol–water partition coefficient (Wildman–Crippen LogP) is 12.8. The SMILES string of the molecule is CC1(c2ccc3c(c2)oc2cccc(N(c4ccccc4)c4ccc5c(c4)sc4ccccc45)c23)c2ccccc2-c2ccccc21. The lowest BCUT2D eigenvalue weighted by Gasteiger charge is -2.28. The molecule has 7 aromatic carbocycles. The molecule has 2 nitrogen and oxygen atoms in total. The summed E-state index contributed by atoms with van der Waals surface area (Å²) in [4.78, 5) is 2.37. The van der Waals surface area contributed by atoms with Crippen LogP contribution >= 0.6 is 11.3 Å². The Morgan fingerprint density at radius 1 is 0.511 bits per heavy atom. The summed E-state index contributed by atoms with van der Waals surface area (Å²) in [6, 6.07) is 57.1. The van der Waals surface area contributed by atoms with Crippen LogP contribution in [0.25, 0.3) is 53.2 Å². The smallest absolute Gasteiger partial charge is 0.137 e. The number of furan rings is 1. The van der Waals surface area contributed by atoms with Gasteiger partial charge in [-0.25, -0.2) is 0 Å². The number of benzene rings is 7. The summed E-state index contributed by atoms with van der Waals surface area (Å²) in [5.74, 6) is 0. The van der Waals surface area contributed by atoms with Crippen molar-refractivity contribution in [2.75, 3.05) is 4.90 Å². The molecule has 2 aromatic heterocycles. The van der Waals surface area contributed by atoms with Crippen molar-refractivity contribution >= 4 is 70.5 Å². The van der Waals surface area contributed by atoms with E-state index < -0.39 is 0 Å². The summed E-state index contributed by atoms with van der Waals surface area (Å²) in [6.07, 6.45) is 0. The van der Waals surface area contributed by atoms with E-state index in [1.54, 1.807) is 0 Å². The summed E-state index contributed by atoms with van der Waals surface area (Å²) in [5, 5.41) is 4.84. The van der Waals surface area contributed by atoms with Crippen molar-refractivity contribution in [3.8, 4) is 11.1 Å². The Morgan fingerprint density at radius 2 is 1.19 bits per heavy atom. The van der Waals surface area contributed by atoms with Crippen molar-refractivity contribution in [2.24, 2.45) is 0 Å². The van der Waals surface area contributed by atoms with E-state index in [0.29, 0.717) is 0 Å². The minimum Gasteiger partial charge on any atom is -0.456 e. The maximum atomic E-state index is 6.72. The Labute approximate surface area is 276 Å². The quantitative estimate of drug-likeness (QED) is 0.195. The fourth-order valence-corrected chi connectivity index (χ4v) is 9.07. The zero-order chi connectivity index (χ0) is 31.1. The van der Waals surface area contributed by atoms with Crippen LogP contribution in [0.5, 0.6) is 0 Å². The van der Waals surface area contributed by atoms with Crippen molar-refractivity contribution in [3.63, 3.8) is 0 Å². The van der Waals surface area contributed by atoms with E-state index in [2.05, 4.69) is 170 Å². The maximum Gasteiger partial charge on any atom is 0.137 e. The third-order valence-corrected chi connectivity index (χ3v) is 11.3. The van der Waals surface area contributed by atoms with Crippen molar-refractivity contribution in [1.82, 2.24) is 0 Å². The highest BCUT2D eigenvalue weighted by Crippen LogP contribution is 2.53. The van der Waals surface area contributed by atoms with Gasteiger partial charge in [-0.05, 0) is 83.3 Å². The van der Waals surface area contributed by atoms with Gasteiger partial charge in [0, 0.05) is 42.3 Å². The second-order valence-corrected chi connectivity index (χ2v) is 13.7. The highest BCUT2D eigenvalue weighted by molar-refractivity contribution is 7.25. The predicted molar refractivity (Wildman–Crippen MR) is 199 cm³/mol. The van der Waals surface area contributed by atoms with Gasteiger partial charge in [-0.2, -0.15) is 0 Å². The number of thiophene rings is 1. The van der Waals surface area contributed by atoms with E-state index in [9.17, 15) is 0 Å². The second kappa shape index (κ2) is 9.93. The third kappa shape index (κ3) is 3.78. The van der Waals surface area contributed by atoms with E-state index in [1.165, 1.54) is 48.0 Å². The third-order valence-electron chi connectivity index (χ3n) is 10.1. The number of rotatable bonds is 4. The molecule has 9 aromatic rings. The molecule has 0 saturated heterocycles. The minimum atomic E-state index is -0.279. The van der Waals surface area contributed by atoms with E-state index in [4.69, 9.17) is 4.42 Å². The standard InChI is InChI=1S/C44H29NOS/c1-44(36-17-8-5-14-31(36)32-15-6-9-18-37(32)44)28-22-24-35-40(26-28)46-39-20-11-19-38(43(35)39)45(29-12-3-2-4-13-29)30-23-25-34-33-16-7-10-21-41(33)47-42(34)27-30/h2-27H,1H3. The zero-order valence-corrected chi connectivity index (χ0v) is 26.6. The first-order valence-corrected chi connectivity index (χ1v) is 16.9. The molecule has 47 heavy (non-hydrogen) atoms. The van der Waals surface area contributed by atoms with Crippen molar-refractivity contribution < 1.29 is 4.42 Å². The van der Waals surface area contributed by atoms with Gasteiger partial charge < -0.3 is 9.32 Å². The number of para-hydroxylation sites is 1. The molecule has 0 saturated carbocycles. The molecular weight excluding hydrogens is 591 g/mol. The lowest BCUT2D eigenvalue weighted by molar-refractivity contribution is 0.662. The van der Waals surface area contributed by atoms with Gasteiger partial charge >= 0.3 is 0 Å². The normalized spacial score (nSPS) is 13.4. The fraction of sp³-hybridized carbons (Fsp3) is 0.0455. The van der Waals surface area contributed by atoms with Crippen LogP contribution in [0.2, 0.25) is 0 Å². The van der Waals surface area contributed by atoms with Gasteiger partial charge in [-0.1, -0.05) is 109 Å². The molecule has 3 heteroatoms. The number of fused-ring (bicyclic) bond motifs is 9. The van der Waals surface area contributed by atoms with E-state index in [-0.39, 0.29) is 5.41 Å². The van der Waals surface area contributed by atoms with Gasteiger partial charge in [0.1, 0.15) is 11.2 Å². The minimum absolute atomic E-state index is 0.279. The molecule has 0 bridgehead atoms. The summed E-state index contributed by atoms with van der Waals surface area (Å²) < 4.78 is 9.31. The highest BCUT2D eigenvalue weighted by Gasteiger charge is 2.40. The van der Waals surface area contributed by atoms with E-state index in [0.717, 1.165) is 39.0 Å². The Balaban J connectivity index is 1.18. The Hall–Kier alpha value is -5.64. The van der Waals surface area contributed by atoms with Crippen molar-refractivity contribution in [1.29, 1.82) is 0 Å². The Morgan fingerprint density at radius 3 is 2.00 bits per heavy atom. The maximum absolute atomic E-state index is 6.72. The first-order valence-electron chi connectivity index (χ1n) is 16.1. The fourth-order valence-electron chi connectivity index (χ4n) is 7.93. The average Bonchev–Trinajstić information content (AvgIpc) is 3.77. The molecule has 0 N–H and O–H groups in total. The van der Waals surface area contributed by atoms with Crippen molar-refractivity contribution in [2.45, 2.75) is 12.3 Å². The largest absolute Gasteiger partial charge is 0.456 e. The molecular formula is C44H29NOS. The molecule has 2 heterocycles. The molecule has 222 valence electrons. The van der Waals surface area contributed by atoms with E-state index in [1.807, 2.05) is 11.3 Å². The lowest BCUT2D eigenvalue weighted by Crippen LogP contribution is -2.22. The lowest BCUT2D eigenvalue weighted by atomic mass is 9.74. The molecule has 0 unspecified atom stereocenters. The van der Waals surface area contributed by atoms with Crippen LogP contribution < -0.4 is 4.90 Å². The first kappa shape index (κ1) is 26.6. The monoisotopic (exact) mass is 619 g/mol. The first-order chi connectivity index (χ1) is 23.2. The molecule has 1 aliphatic rings. The van der Waals surface area contributed by atoms with Gasteiger partial charge in [-0.15, -0.1) is 11.3 Å². The Bertz CT molecular complexity index is 2620. The van der Waals surface area contributed by atoms with Crippen LogP contribution in [-0.2, 0) is 5.41 Å². The molecule has 0 aliphatic heterocycles. The van der Waals surface area contributed by atoms with Crippen LogP contribution in [0.3, 0.4) is 0 Å². The topological polar surface area (TPSA) is 16.4 Å². The number of anilines is 3. The average molecular weight is 620 g/mol. The van der Waals surface area contributed by atoms with E-state index >= 15 is 0 Å². The Kier molecular flexibility index (Phi) is 5.61. The molecule has 0 spiro atoms. The molecule has 1 aliphatic carbocycles. The molecule has 10 rings (SSSR count). The van der Waals surface area contributed by atoms with Crippen LogP contribution in [0.1, 0.15) is 23.6 Å². The summed E-state index contributed by atoms with van der Waals surface area (Å²) in [7, 11) is 0. The van der Waals surface area contributed by atoms with Crippen LogP contribution in [0.15, 0.2) is 162 Å². The molecule has 0 amide bonds. The van der Waals surface area contributed by atoms with Crippen LogP contribution in [0, 0.1) is 0 Å². The summed E-state index contributed by atoms with van der Waals surface area (Å²) >= 11 is 1.85. The van der Waals surface area contributed by atoms with Gasteiger partial charge in [0.25, 0.3) is 0 Å². The zero-order valence-electron chi connectivity index (χ0n) is 25.8. The van der Waals surface area contributed by atoms with Gasteiger partial charge in [0.2, 0.25) is 0 Å². The number of hydrogen-bond acceptors (Lipinski definition) is 3. The van der Waals surface area contributed by atoms with Crippen LogP contribution in [-0.4, -0.2) is 0 Å². The summed E-state index contributed by atoms with van der Waals surface area (Å²) in [5.41, 5.74) is 11.4. The van der Waals surface area contributed by atoms with Gasteiger partial charge in [-0.3, -0.25) is 0 Å². The molecule has 0 atom stereocenters. The summed E-state index contributed by atoms with van der Waals surface area (Å²) in [6.45, 7) is 2.36. The van der Waals surface area contributed by atoms with Gasteiger partial charge in [0.15, 0.2) is 0 Å². The second-order valence-electron chi connectivity index (χ2n) is 12.6.